The summed E-state index contributed by atoms with van der Waals surface area (Å²) in [5.74, 6) is -1.19. The van der Waals surface area contributed by atoms with Crippen LogP contribution in [0.25, 0.3) is 0 Å². The van der Waals surface area contributed by atoms with Crippen LogP contribution in [0, 0.1) is 0 Å². The molecule has 0 aromatic heterocycles. The van der Waals surface area contributed by atoms with Crippen molar-refractivity contribution in [3.63, 3.8) is 0 Å². The number of ether oxygens (including phenoxy) is 1. The van der Waals surface area contributed by atoms with E-state index in [1.165, 1.54) is 0 Å². The normalized spacial score (nSPS) is 16.3. The van der Waals surface area contributed by atoms with Gasteiger partial charge in [-0.15, -0.1) is 0 Å². The predicted octanol–water partition coefficient (Wildman–Crippen LogP) is 2.73. The zero-order valence-electron chi connectivity index (χ0n) is 19.4. The molecule has 2 aromatic carbocycles. The van der Waals surface area contributed by atoms with Crippen molar-refractivity contribution in [1.82, 2.24) is 9.80 Å². The molecule has 3 rings (SSSR count). The number of benzene rings is 2. The zero-order chi connectivity index (χ0) is 26.3. The number of aryl methyl sites for hydroxylation is 1. The van der Waals surface area contributed by atoms with Gasteiger partial charge < -0.3 is 15.4 Å². The van der Waals surface area contributed by atoms with Crippen molar-refractivity contribution in [3.05, 3.63) is 71.8 Å². The summed E-state index contributed by atoms with van der Waals surface area (Å²) in [6.45, 7) is 0.192. The first-order valence-corrected chi connectivity index (χ1v) is 12.9. The Morgan fingerprint density at radius 3 is 2.03 bits per heavy atom. The number of amides is 3. The number of hydrogen-bond acceptors (Lipinski definition) is 6. The van der Waals surface area contributed by atoms with Gasteiger partial charge in [-0.05, 0) is 30.4 Å². The van der Waals surface area contributed by atoms with Gasteiger partial charge in [-0.2, -0.15) is 13.2 Å². The Hall–Kier alpha value is -2.96. The van der Waals surface area contributed by atoms with Crippen LogP contribution in [-0.2, 0) is 32.2 Å². The number of morpholine rings is 1. The summed E-state index contributed by atoms with van der Waals surface area (Å²) in [6.07, 6.45) is -0.856. The van der Waals surface area contributed by atoms with Crippen LogP contribution in [0.1, 0.15) is 17.5 Å². The van der Waals surface area contributed by atoms with Crippen LogP contribution in [0.2, 0.25) is 0 Å². The molecule has 1 saturated heterocycles. The highest BCUT2D eigenvalue weighted by molar-refractivity contribution is 7.92. The highest BCUT2D eigenvalue weighted by atomic mass is 32.2. The Labute approximate surface area is 207 Å². The Kier molecular flexibility index (Phi) is 9.09. The van der Waals surface area contributed by atoms with Crippen molar-refractivity contribution >= 4 is 21.8 Å². The summed E-state index contributed by atoms with van der Waals surface area (Å²) in [4.78, 5) is 28.2. The number of hydrogen-bond donors (Lipinski definition) is 1. The predicted molar refractivity (Wildman–Crippen MR) is 126 cm³/mol. The molecule has 0 aliphatic carbocycles. The molecular formula is C24H28F3N3O5S. The van der Waals surface area contributed by atoms with Crippen molar-refractivity contribution in [2.24, 2.45) is 5.73 Å². The van der Waals surface area contributed by atoms with Gasteiger partial charge in [-0.25, -0.2) is 18.1 Å². The number of halogens is 3. The third kappa shape index (κ3) is 6.62. The Bertz CT molecular complexity index is 1120. The Balaban J connectivity index is 2.01. The molecule has 2 atom stereocenters. The van der Waals surface area contributed by atoms with Crippen LogP contribution in [-0.4, -0.2) is 73.4 Å². The summed E-state index contributed by atoms with van der Waals surface area (Å²) < 4.78 is 72.0. The van der Waals surface area contributed by atoms with Crippen LogP contribution >= 0.6 is 0 Å². The maximum atomic E-state index is 13.8. The van der Waals surface area contributed by atoms with Gasteiger partial charge in [0.2, 0.25) is 5.91 Å². The first kappa shape index (κ1) is 27.6. The summed E-state index contributed by atoms with van der Waals surface area (Å²) in [6, 6.07) is 14.1. The fourth-order valence-corrected chi connectivity index (χ4v) is 5.12. The Morgan fingerprint density at radius 1 is 0.972 bits per heavy atom. The van der Waals surface area contributed by atoms with Crippen molar-refractivity contribution in [3.8, 4) is 0 Å². The van der Waals surface area contributed by atoms with Gasteiger partial charge in [-0.1, -0.05) is 60.7 Å². The molecule has 12 heteroatoms. The van der Waals surface area contributed by atoms with E-state index >= 15 is 0 Å². The number of imide groups is 1. The van der Waals surface area contributed by atoms with E-state index < -0.39 is 45.1 Å². The lowest BCUT2D eigenvalue weighted by Gasteiger charge is -2.37. The number of urea groups is 1. The number of alkyl halides is 3. The van der Waals surface area contributed by atoms with Crippen LogP contribution in [0.5, 0.6) is 0 Å². The maximum absolute atomic E-state index is 13.8. The highest BCUT2D eigenvalue weighted by Crippen LogP contribution is 2.32. The van der Waals surface area contributed by atoms with E-state index in [1.807, 2.05) is 0 Å². The molecular weight excluding hydrogens is 499 g/mol. The molecule has 0 saturated carbocycles. The van der Waals surface area contributed by atoms with Gasteiger partial charge in [0.05, 0.1) is 19.3 Å². The summed E-state index contributed by atoms with van der Waals surface area (Å²) in [5.41, 5.74) is 1.52. The van der Waals surface area contributed by atoms with Gasteiger partial charge >= 0.3 is 11.5 Å². The van der Waals surface area contributed by atoms with Gasteiger partial charge in [0.25, 0.3) is 9.84 Å². The molecule has 3 amide bonds. The van der Waals surface area contributed by atoms with Crippen molar-refractivity contribution in [2.75, 3.05) is 26.3 Å². The molecule has 0 radical (unpaired) electrons. The van der Waals surface area contributed by atoms with Gasteiger partial charge in [-0.3, -0.25) is 4.79 Å². The van der Waals surface area contributed by atoms with E-state index in [1.54, 1.807) is 60.7 Å². The average molecular weight is 528 g/mol. The number of rotatable bonds is 8. The zero-order valence-corrected chi connectivity index (χ0v) is 20.2. The minimum atomic E-state index is -5.97. The van der Waals surface area contributed by atoms with Crippen LogP contribution in [0.3, 0.4) is 0 Å². The van der Waals surface area contributed by atoms with Gasteiger partial charge in [0.1, 0.15) is 0 Å². The molecule has 1 unspecified atom stereocenters. The molecule has 1 fully saturated rings. The Morgan fingerprint density at radius 2 is 1.50 bits per heavy atom. The lowest BCUT2D eigenvalue weighted by Crippen LogP contribution is -2.61. The SMILES string of the molecule is N[C@@H](Cc1ccccc1)C(=O)N(C(=O)N1CCOCC1)C(CCc1ccccc1)S(=O)(=O)C(F)(F)F. The van der Waals surface area contributed by atoms with E-state index in [0.29, 0.717) is 11.1 Å². The lowest BCUT2D eigenvalue weighted by atomic mass is 10.0. The van der Waals surface area contributed by atoms with Crippen molar-refractivity contribution < 1.29 is 35.9 Å². The molecule has 0 bridgehead atoms. The fourth-order valence-electron chi connectivity index (χ4n) is 3.91. The number of carbonyl (C=O) groups is 2. The van der Waals surface area contributed by atoms with E-state index in [2.05, 4.69) is 0 Å². The van der Waals surface area contributed by atoms with Crippen molar-refractivity contribution in [2.45, 2.75) is 36.2 Å². The maximum Gasteiger partial charge on any atom is 0.499 e. The standard InChI is InChI=1S/C24H28F3N3O5S/c25-24(26,27)36(33,34)21(12-11-18-7-3-1-4-8-18)30(23(32)29-13-15-35-16-14-29)22(31)20(28)17-19-9-5-2-6-10-19/h1-10,20-21H,11-17,28H2/t20-,21?/m0/s1. The van der Waals surface area contributed by atoms with E-state index in [-0.39, 0.29) is 44.0 Å². The third-order valence-electron chi connectivity index (χ3n) is 5.83. The molecule has 0 spiro atoms. The molecule has 8 nitrogen and oxygen atoms in total. The largest absolute Gasteiger partial charge is 0.499 e. The second-order valence-electron chi connectivity index (χ2n) is 8.36. The van der Waals surface area contributed by atoms with Gasteiger partial charge in [0, 0.05) is 13.1 Å². The number of sulfone groups is 1. The third-order valence-corrected chi connectivity index (χ3v) is 7.64. The van der Waals surface area contributed by atoms with E-state index in [9.17, 15) is 31.2 Å². The van der Waals surface area contributed by atoms with Crippen molar-refractivity contribution in [1.29, 1.82) is 0 Å². The molecule has 1 heterocycles. The first-order valence-electron chi connectivity index (χ1n) is 11.4. The summed E-state index contributed by atoms with van der Waals surface area (Å²) in [5, 5.41) is -2.48. The molecule has 2 N–H and O–H groups in total. The quantitative estimate of drug-likeness (QED) is 0.566. The number of nitrogens with zero attached hydrogens (tertiary/aromatic N) is 2. The molecule has 1 aliphatic rings. The molecule has 1 aliphatic heterocycles. The second-order valence-corrected chi connectivity index (χ2v) is 10.5. The lowest BCUT2D eigenvalue weighted by molar-refractivity contribution is -0.131. The fraction of sp³-hybridized carbons (Fsp3) is 0.417. The van der Waals surface area contributed by atoms with Crippen LogP contribution < -0.4 is 5.73 Å². The average Bonchev–Trinajstić information content (AvgIpc) is 2.86. The second kappa shape index (κ2) is 11.8. The van der Waals surface area contributed by atoms with Crippen LogP contribution in [0.15, 0.2) is 60.7 Å². The highest BCUT2D eigenvalue weighted by Gasteiger charge is 2.55. The minimum Gasteiger partial charge on any atom is -0.378 e. The smallest absolute Gasteiger partial charge is 0.378 e. The van der Waals surface area contributed by atoms with Gasteiger partial charge in [0.15, 0.2) is 5.37 Å². The first-order chi connectivity index (χ1) is 17.0. The monoisotopic (exact) mass is 527 g/mol. The molecule has 2 aromatic rings. The van der Waals surface area contributed by atoms with E-state index in [0.717, 1.165) is 4.90 Å². The topological polar surface area (TPSA) is 110 Å². The summed E-state index contributed by atoms with van der Waals surface area (Å²) >= 11 is 0. The molecule has 36 heavy (non-hydrogen) atoms. The number of carbonyl (C=O) groups excluding carboxylic acids is 2. The summed E-state index contributed by atoms with van der Waals surface area (Å²) in [7, 11) is -5.97. The van der Waals surface area contributed by atoms with Crippen LogP contribution in [0.4, 0.5) is 18.0 Å². The number of nitrogens with two attached hydrogens (primary N) is 1. The van der Waals surface area contributed by atoms with E-state index in [4.69, 9.17) is 10.5 Å². The molecule has 196 valence electrons. The minimum absolute atomic E-state index is 0.00595.